The molecule has 0 spiro atoms. The van der Waals surface area contributed by atoms with Crippen molar-refractivity contribution in [2.24, 2.45) is 5.92 Å². The predicted molar refractivity (Wildman–Crippen MR) is 76.9 cm³/mol. The van der Waals surface area contributed by atoms with Crippen molar-refractivity contribution in [2.45, 2.75) is 51.5 Å². The summed E-state index contributed by atoms with van der Waals surface area (Å²) in [6, 6.07) is 9.19. The van der Waals surface area contributed by atoms with Crippen molar-refractivity contribution in [1.82, 2.24) is 0 Å². The molecule has 1 unspecified atom stereocenters. The maximum atomic E-state index is 8.87. The Bertz CT molecular complexity index is 358. The Morgan fingerprint density at radius 3 is 2.83 bits per heavy atom. The van der Waals surface area contributed by atoms with E-state index in [2.05, 4.69) is 36.5 Å². The summed E-state index contributed by atoms with van der Waals surface area (Å²) in [7, 11) is 0. The molecule has 1 aromatic carbocycles. The van der Waals surface area contributed by atoms with Crippen LogP contribution in [0.4, 0.5) is 5.69 Å². The number of aryl methyl sites for hydroxylation is 1. The molecule has 2 N–H and O–H groups in total. The van der Waals surface area contributed by atoms with E-state index in [1.807, 2.05) is 0 Å². The van der Waals surface area contributed by atoms with Crippen LogP contribution in [0.3, 0.4) is 0 Å². The van der Waals surface area contributed by atoms with Crippen molar-refractivity contribution < 1.29 is 5.11 Å². The molecule has 0 radical (unpaired) electrons. The van der Waals surface area contributed by atoms with E-state index in [0.29, 0.717) is 6.04 Å². The van der Waals surface area contributed by atoms with Gasteiger partial charge in [0.15, 0.2) is 0 Å². The fourth-order valence-electron chi connectivity index (χ4n) is 2.94. The number of aliphatic hydroxyl groups is 1. The standard InChI is InChI=1S/C16H25NO/c1-13(15-8-2-3-9-15)17-16-10-4-6-14(12-16)7-5-11-18/h4,6,10,12-13,15,17-18H,2-3,5,7-9,11H2,1H3. The van der Waals surface area contributed by atoms with Crippen LogP contribution in [0.1, 0.15) is 44.6 Å². The first-order chi connectivity index (χ1) is 8.79. The Kier molecular flexibility index (Phi) is 5.06. The van der Waals surface area contributed by atoms with Crippen molar-refractivity contribution in [1.29, 1.82) is 0 Å². The Morgan fingerprint density at radius 2 is 2.11 bits per heavy atom. The summed E-state index contributed by atoms with van der Waals surface area (Å²) in [5.74, 6) is 0.839. The van der Waals surface area contributed by atoms with Gasteiger partial charge in [0, 0.05) is 18.3 Å². The molecule has 0 aliphatic heterocycles. The van der Waals surface area contributed by atoms with Crippen molar-refractivity contribution in [2.75, 3.05) is 11.9 Å². The number of anilines is 1. The number of hydrogen-bond acceptors (Lipinski definition) is 2. The summed E-state index contributed by atoms with van der Waals surface area (Å²) in [6.07, 6.45) is 7.35. The molecule has 1 aliphatic rings. The molecule has 0 saturated heterocycles. The van der Waals surface area contributed by atoms with E-state index in [9.17, 15) is 0 Å². The van der Waals surface area contributed by atoms with Crippen LogP contribution in [0.5, 0.6) is 0 Å². The molecular formula is C16H25NO. The molecule has 0 amide bonds. The highest BCUT2D eigenvalue weighted by molar-refractivity contribution is 5.46. The Labute approximate surface area is 110 Å². The first kappa shape index (κ1) is 13.4. The second-order valence-corrected chi connectivity index (χ2v) is 5.51. The SMILES string of the molecule is CC(Nc1cccc(CCCO)c1)C1CCCC1. The van der Waals surface area contributed by atoms with Crippen LogP contribution >= 0.6 is 0 Å². The molecule has 1 aromatic rings. The van der Waals surface area contributed by atoms with E-state index in [-0.39, 0.29) is 6.61 Å². The molecule has 1 fully saturated rings. The van der Waals surface area contributed by atoms with Crippen LogP contribution < -0.4 is 5.32 Å². The van der Waals surface area contributed by atoms with Gasteiger partial charge in [0.1, 0.15) is 0 Å². The van der Waals surface area contributed by atoms with E-state index < -0.39 is 0 Å². The van der Waals surface area contributed by atoms with E-state index in [1.54, 1.807) is 0 Å². The van der Waals surface area contributed by atoms with Gasteiger partial charge in [-0.25, -0.2) is 0 Å². The fraction of sp³-hybridized carbons (Fsp3) is 0.625. The molecule has 0 heterocycles. The Hall–Kier alpha value is -1.02. The summed E-state index contributed by atoms with van der Waals surface area (Å²) in [5, 5.41) is 12.5. The van der Waals surface area contributed by atoms with Crippen molar-refractivity contribution >= 4 is 5.69 Å². The van der Waals surface area contributed by atoms with Crippen LogP contribution in [-0.4, -0.2) is 17.8 Å². The predicted octanol–water partition coefficient (Wildman–Crippen LogP) is 3.60. The van der Waals surface area contributed by atoms with Gasteiger partial charge in [-0.3, -0.25) is 0 Å². The van der Waals surface area contributed by atoms with E-state index in [0.717, 1.165) is 18.8 Å². The third-order valence-electron chi connectivity index (χ3n) is 4.05. The summed E-state index contributed by atoms with van der Waals surface area (Å²) >= 11 is 0. The number of aliphatic hydroxyl groups excluding tert-OH is 1. The minimum absolute atomic E-state index is 0.274. The highest BCUT2D eigenvalue weighted by Crippen LogP contribution is 2.29. The van der Waals surface area contributed by atoms with Gasteiger partial charge in [-0.1, -0.05) is 25.0 Å². The summed E-state index contributed by atoms with van der Waals surface area (Å²) < 4.78 is 0. The van der Waals surface area contributed by atoms with Crippen LogP contribution in [0.15, 0.2) is 24.3 Å². The second-order valence-electron chi connectivity index (χ2n) is 5.51. The lowest BCUT2D eigenvalue weighted by molar-refractivity contribution is 0.288. The Morgan fingerprint density at radius 1 is 1.33 bits per heavy atom. The van der Waals surface area contributed by atoms with Gasteiger partial charge in [0.25, 0.3) is 0 Å². The maximum Gasteiger partial charge on any atom is 0.0434 e. The largest absolute Gasteiger partial charge is 0.396 e. The van der Waals surface area contributed by atoms with Gasteiger partial charge in [-0.05, 0) is 56.2 Å². The zero-order chi connectivity index (χ0) is 12.8. The average molecular weight is 247 g/mol. The lowest BCUT2D eigenvalue weighted by Gasteiger charge is -2.22. The molecule has 18 heavy (non-hydrogen) atoms. The summed E-state index contributed by atoms with van der Waals surface area (Å²) in [6.45, 7) is 2.58. The minimum Gasteiger partial charge on any atom is -0.396 e. The topological polar surface area (TPSA) is 32.3 Å². The maximum absolute atomic E-state index is 8.87. The van der Waals surface area contributed by atoms with Crippen molar-refractivity contribution in [3.05, 3.63) is 29.8 Å². The molecule has 1 atom stereocenters. The molecule has 2 nitrogen and oxygen atoms in total. The summed E-state index contributed by atoms with van der Waals surface area (Å²) in [5.41, 5.74) is 2.54. The Balaban J connectivity index is 1.91. The molecular weight excluding hydrogens is 222 g/mol. The highest BCUT2D eigenvalue weighted by atomic mass is 16.2. The van der Waals surface area contributed by atoms with Gasteiger partial charge in [-0.15, -0.1) is 0 Å². The molecule has 2 heteroatoms. The van der Waals surface area contributed by atoms with E-state index >= 15 is 0 Å². The van der Waals surface area contributed by atoms with Gasteiger partial charge in [0.05, 0.1) is 0 Å². The lowest BCUT2D eigenvalue weighted by atomic mass is 9.99. The third kappa shape index (κ3) is 3.74. The van der Waals surface area contributed by atoms with Gasteiger partial charge < -0.3 is 10.4 Å². The monoisotopic (exact) mass is 247 g/mol. The first-order valence-corrected chi connectivity index (χ1v) is 7.26. The quantitative estimate of drug-likeness (QED) is 0.805. The number of hydrogen-bond donors (Lipinski definition) is 2. The lowest BCUT2D eigenvalue weighted by Crippen LogP contribution is -2.23. The second kappa shape index (κ2) is 6.79. The average Bonchev–Trinajstić information content (AvgIpc) is 2.91. The van der Waals surface area contributed by atoms with Crippen LogP contribution in [0.2, 0.25) is 0 Å². The van der Waals surface area contributed by atoms with Crippen molar-refractivity contribution in [3.63, 3.8) is 0 Å². The number of nitrogens with one attached hydrogen (secondary N) is 1. The van der Waals surface area contributed by atoms with Crippen LogP contribution in [0.25, 0.3) is 0 Å². The van der Waals surface area contributed by atoms with Crippen LogP contribution in [-0.2, 0) is 6.42 Å². The minimum atomic E-state index is 0.274. The zero-order valence-corrected chi connectivity index (χ0v) is 11.4. The molecule has 1 saturated carbocycles. The fourth-order valence-corrected chi connectivity index (χ4v) is 2.94. The van der Waals surface area contributed by atoms with E-state index in [4.69, 9.17) is 5.11 Å². The number of rotatable bonds is 6. The first-order valence-electron chi connectivity index (χ1n) is 7.26. The van der Waals surface area contributed by atoms with Crippen LogP contribution in [0, 0.1) is 5.92 Å². The van der Waals surface area contributed by atoms with Gasteiger partial charge in [0.2, 0.25) is 0 Å². The van der Waals surface area contributed by atoms with E-state index in [1.165, 1.54) is 36.9 Å². The van der Waals surface area contributed by atoms with Crippen molar-refractivity contribution in [3.8, 4) is 0 Å². The normalized spacial score (nSPS) is 17.9. The third-order valence-corrected chi connectivity index (χ3v) is 4.05. The molecule has 0 bridgehead atoms. The molecule has 1 aliphatic carbocycles. The molecule has 0 aromatic heterocycles. The zero-order valence-electron chi connectivity index (χ0n) is 11.4. The van der Waals surface area contributed by atoms with Gasteiger partial charge >= 0.3 is 0 Å². The smallest absolute Gasteiger partial charge is 0.0434 e. The molecule has 2 rings (SSSR count). The number of benzene rings is 1. The van der Waals surface area contributed by atoms with Gasteiger partial charge in [-0.2, -0.15) is 0 Å². The molecule has 100 valence electrons. The highest BCUT2D eigenvalue weighted by Gasteiger charge is 2.21. The summed E-state index contributed by atoms with van der Waals surface area (Å²) in [4.78, 5) is 0.